The zero-order valence-electron chi connectivity index (χ0n) is 13.8. The van der Waals surface area contributed by atoms with Crippen LogP contribution in [0.25, 0.3) is 0 Å². The Hall–Kier alpha value is -2.04. The number of aliphatic carboxylic acids is 1. The molecule has 5 nitrogen and oxygen atoms in total. The molecule has 2 unspecified atom stereocenters. The van der Waals surface area contributed by atoms with Crippen LogP contribution in [0.4, 0.5) is 0 Å². The van der Waals surface area contributed by atoms with Gasteiger partial charge in [-0.1, -0.05) is 39.8 Å². The Morgan fingerprint density at radius 2 is 1.73 bits per heavy atom. The van der Waals surface area contributed by atoms with Crippen molar-refractivity contribution in [3.8, 4) is 5.75 Å². The molecule has 0 aliphatic rings. The van der Waals surface area contributed by atoms with E-state index in [0.717, 1.165) is 5.56 Å². The maximum atomic E-state index is 12.2. The summed E-state index contributed by atoms with van der Waals surface area (Å²) >= 11 is 0. The molecule has 2 N–H and O–H groups in total. The number of rotatable bonds is 6. The van der Waals surface area contributed by atoms with E-state index in [2.05, 4.69) is 5.32 Å². The van der Waals surface area contributed by atoms with Crippen molar-refractivity contribution in [1.29, 1.82) is 0 Å². The van der Waals surface area contributed by atoms with Crippen molar-refractivity contribution >= 4 is 11.9 Å². The molecule has 122 valence electrons. The van der Waals surface area contributed by atoms with E-state index >= 15 is 0 Å². The van der Waals surface area contributed by atoms with Gasteiger partial charge in [-0.15, -0.1) is 0 Å². The number of amides is 1. The molecular formula is C17H25NO4. The minimum Gasteiger partial charge on any atom is -0.482 e. The van der Waals surface area contributed by atoms with Gasteiger partial charge in [0.1, 0.15) is 5.75 Å². The minimum absolute atomic E-state index is 0.0196. The summed E-state index contributed by atoms with van der Waals surface area (Å²) in [6, 6.07) is 6.93. The highest BCUT2D eigenvalue weighted by Crippen LogP contribution is 2.26. The lowest BCUT2D eigenvalue weighted by molar-refractivity contribution is -0.139. The monoisotopic (exact) mass is 307 g/mol. The molecule has 1 rings (SSSR count). The Bertz CT molecular complexity index is 516. The van der Waals surface area contributed by atoms with Crippen molar-refractivity contribution in [2.75, 3.05) is 6.61 Å². The van der Waals surface area contributed by atoms with E-state index < -0.39 is 5.97 Å². The summed E-state index contributed by atoms with van der Waals surface area (Å²) < 4.78 is 5.08. The predicted molar refractivity (Wildman–Crippen MR) is 84.7 cm³/mol. The quantitative estimate of drug-likeness (QED) is 0.847. The van der Waals surface area contributed by atoms with Crippen LogP contribution in [0.3, 0.4) is 0 Å². The average molecular weight is 307 g/mol. The lowest BCUT2D eigenvalue weighted by Crippen LogP contribution is -2.37. The van der Waals surface area contributed by atoms with Crippen molar-refractivity contribution in [3.63, 3.8) is 0 Å². The molecule has 0 aromatic heterocycles. The first-order chi connectivity index (χ1) is 10.1. The Labute approximate surface area is 131 Å². The number of nitrogens with one attached hydrogen (secondary N) is 1. The molecule has 0 saturated heterocycles. The Morgan fingerprint density at radius 1 is 1.18 bits per heavy atom. The van der Waals surface area contributed by atoms with Gasteiger partial charge in [0, 0.05) is 5.92 Å². The van der Waals surface area contributed by atoms with Gasteiger partial charge >= 0.3 is 5.97 Å². The molecular weight excluding hydrogens is 282 g/mol. The molecule has 0 aliphatic carbocycles. The van der Waals surface area contributed by atoms with E-state index in [4.69, 9.17) is 9.84 Å². The summed E-state index contributed by atoms with van der Waals surface area (Å²) in [6.07, 6.45) is 0. The van der Waals surface area contributed by atoms with Gasteiger partial charge in [0.05, 0.1) is 6.04 Å². The van der Waals surface area contributed by atoms with Gasteiger partial charge in [0.15, 0.2) is 6.61 Å². The SMILES string of the molecule is CC(NC(=O)C(C)C(C)(C)C)c1ccc(OCC(=O)O)cc1. The van der Waals surface area contributed by atoms with Crippen molar-refractivity contribution < 1.29 is 19.4 Å². The van der Waals surface area contributed by atoms with Gasteiger partial charge in [-0.3, -0.25) is 4.79 Å². The van der Waals surface area contributed by atoms with Crippen LogP contribution in [-0.4, -0.2) is 23.6 Å². The number of carboxylic acid groups (broad SMARTS) is 1. The summed E-state index contributed by atoms with van der Waals surface area (Å²) in [5.41, 5.74) is 0.857. The number of carbonyl (C=O) groups excluding carboxylic acids is 1. The fraction of sp³-hybridized carbons (Fsp3) is 0.529. The number of carboxylic acids is 1. The van der Waals surface area contributed by atoms with Crippen LogP contribution in [0.1, 0.15) is 46.2 Å². The zero-order chi connectivity index (χ0) is 16.9. The highest BCUT2D eigenvalue weighted by molar-refractivity contribution is 5.79. The largest absolute Gasteiger partial charge is 0.482 e. The Balaban J connectivity index is 2.64. The number of hydrogen-bond acceptors (Lipinski definition) is 3. The second kappa shape index (κ2) is 7.29. The van der Waals surface area contributed by atoms with Crippen LogP contribution < -0.4 is 10.1 Å². The van der Waals surface area contributed by atoms with Crippen LogP contribution in [0.2, 0.25) is 0 Å². The molecule has 2 atom stereocenters. The second-order valence-electron chi connectivity index (χ2n) is 6.57. The fourth-order valence-corrected chi connectivity index (χ4v) is 1.81. The van der Waals surface area contributed by atoms with Crippen molar-refractivity contribution in [3.05, 3.63) is 29.8 Å². The van der Waals surface area contributed by atoms with Gasteiger partial charge in [0.25, 0.3) is 0 Å². The van der Waals surface area contributed by atoms with Gasteiger partial charge in [-0.05, 0) is 30.0 Å². The third-order valence-corrected chi connectivity index (χ3v) is 3.79. The Kier molecular flexibility index (Phi) is 5.97. The summed E-state index contributed by atoms with van der Waals surface area (Å²) in [7, 11) is 0. The van der Waals surface area contributed by atoms with Crippen molar-refractivity contribution in [2.45, 2.75) is 40.7 Å². The summed E-state index contributed by atoms with van der Waals surface area (Å²) in [4.78, 5) is 22.7. The van der Waals surface area contributed by atoms with Crippen LogP contribution >= 0.6 is 0 Å². The molecule has 5 heteroatoms. The molecule has 22 heavy (non-hydrogen) atoms. The summed E-state index contributed by atoms with van der Waals surface area (Å²) in [5, 5.41) is 11.6. The first kappa shape index (κ1) is 18.0. The smallest absolute Gasteiger partial charge is 0.341 e. The van der Waals surface area contributed by atoms with Crippen LogP contribution in [0, 0.1) is 11.3 Å². The third-order valence-electron chi connectivity index (χ3n) is 3.79. The number of benzene rings is 1. The number of hydrogen-bond donors (Lipinski definition) is 2. The summed E-state index contributed by atoms with van der Waals surface area (Å²) in [5.74, 6) is -0.590. The fourth-order valence-electron chi connectivity index (χ4n) is 1.81. The van der Waals surface area contributed by atoms with Crippen LogP contribution in [0.5, 0.6) is 5.75 Å². The molecule has 1 aromatic rings. The van der Waals surface area contributed by atoms with Gasteiger partial charge in [-0.2, -0.15) is 0 Å². The molecule has 0 aliphatic heterocycles. The van der Waals surface area contributed by atoms with Crippen LogP contribution in [-0.2, 0) is 9.59 Å². The topological polar surface area (TPSA) is 75.6 Å². The van der Waals surface area contributed by atoms with Gasteiger partial charge in [0.2, 0.25) is 5.91 Å². The Morgan fingerprint density at radius 3 is 2.18 bits per heavy atom. The summed E-state index contributed by atoms with van der Waals surface area (Å²) in [6.45, 7) is 9.59. The highest BCUT2D eigenvalue weighted by Gasteiger charge is 2.27. The third kappa shape index (κ3) is 5.39. The first-order valence-corrected chi connectivity index (χ1v) is 7.36. The van der Waals surface area contributed by atoms with E-state index in [-0.39, 0.29) is 29.9 Å². The maximum Gasteiger partial charge on any atom is 0.341 e. The molecule has 0 saturated carbocycles. The van der Waals surface area contributed by atoms with Crippen molar-refractivity contribution in [1.82, 2.24) is 5.32 Å². The van der Waals surface area contributed by atoms with E-state index in [1.54, 1.807) is 12.1 Å². The van der Waals surface area contributed by atoms with Crippen molar-refractivity contribution in [2.24, 2.45) is 11.3 Å². The maximum absolute atomic E-state index is 12.2. The molecule has 0 fully saturated rings. The standard InChI is InChI=1S/C17H25NO4/c1-11(17(3,4)5)16(21)18-12(2)13-6-8-14(9-7-13)22-10-15(19)20/h6-9,11-12H,10H2,1-5H3,(H,18,21)(H,19,20). The van der Waals surface area contributed by atoms with Gasteiger partial charge < -0.3 is 15.2 Å². The lowest BCUT2D eigenvalue weighted by Gasteiger charge is -2.27. The van der Waals surface area contributed by atoms with Gasteiger partial charge in [-0.25, -0.2) is 4.79 Å². The normalized spacial score (nSPS) is 14.0. The molecule has 0 heterocycles. The number of carbonyl (C=O) groups is 2. The molecule has 1 amide bonds. The minimum atomic E-state index is -1.01. The lowest BCUT2D eigenvalue weighted by atomic mass is 9.81. The zero-order valence-corrected chi connectivity index (χ0v) is 13.8. The molecule has 0 spiro atoms. The van der Waals surface area contributed by atoms with Crippen LogP contribution in [0.15, 0.2) is 24.3 Å². The second-order valence-corrected chi connectivity index (χ2v) is 6.57. The number of ether oxygens (including phenoxy) is 1. The highest BCUT2D eigenvalue weighted by atomic mass is 16.5. The average Bonchev–Trinajstić information content (AvgIpc) is 2.43. The predicted octanol–water partition coefficient (Wildman–Crippen LogP) is 3.01. The first-order valence-electron chi connectivity index (χ1n) is 7.36. The van der Waals surface area contributed by atoms with E-state index in [1.165, 1.54) is 0 Å². The van der Waals surface area contributed by atoms with E-state index in [0.29, 0.717) is 5.75 Å². The molecule has 0 radical (unpaired) electrons. The molecule has 0 bridgehead atoms. The van der Waals surface area contributed by atoms with E-state index in [9.17, 15) is 9.59 Å². The molecule has 1 aromatic carbocycles. The van der Waals surface area contributed by atoms with E-state index in [1.807, 2.05) is 46.8 Å².